The second kappa shape index (κ2) is 6.57. The van der Waals surface area contributed by atoms with Gasteiger partial charge in [0.25, 0.3) is 0 Å². The molecule has 2 atom stereocenters. The predicted molar refractivity (Wildman–Crippen MR) is 76.3 cm³/mol. The van der Waals surface area contributed by atoms with Crippen molar-refractivity contribution in [2.45, 2.75) is 19.4 Å². The Bertz CT molecular complexity index is 524. The van der Waals surface area contributed by atoms with Crippen molar-refractivity contribution < 1.29 is 14.7 Å². The molecule has 0 saturated heterocycles. The molecule has 0 aliphatic heterocycles. The number of amides is 1. The van der Waals surface area contributed by atoms with Crippen molar-refractivity contribution in [2.24, 2.45) is 11.8 Å². The minimum Gasteiger partial charge on any atom is -0.481 e. The Morgan fingerprint density at radius 3 is 2.35 bits per heavy atom. The maximum absolute atomic E-state index is 12.1. The van der Waals surface area contributed by atoms with Gasteiger partial charge in [-0.25, -0.2) is 0 Å². The third-order valence-electron chi connectivity index (χ3n) is 3.47. The lowest BCUT2D eigenvalue weighted by atomic mass is 9.82. The molecule has 0 heterocycles. The van der Waals surface area contributed by atoms with Crippen LogP contribution in [-0.4, -0.2) is 17.0 Å². The number of halogens is 1. The SMILES string of the molecule is O=C(O)[C@@H]1CC=CC[C@H]1C(=O)NCc1ccc(Cl)cc1. The lowest BCUT2D eigenvalue weighted by molar-refractivity contribution is -0.147. The van der Waals surface area contributed by atoms with E-state index in [0.717, 1.165) is 5.56 Å². The number of carbonyl (C=O) groups excluding carboxylic acids is 1. The van der Waals surface area contributed by atoms with Gasteiger partial charge in [-0.15, -0.1) is 0 Å². The fourth-order valence-corrected chi connectivity index (χ4v) is 2.43. The summed E-state index contributed by atoms with van der Waals surface area (Å²) in [4.78, 5) is 23.3. The van der Waals surface area contributed by atoms with Gasteiger partial charge in [0, 0.05) is 11.6 Å². The highest BCUT2D eigenvalue weighted by Gasteiger charge is 2.33. The summed E-state index contributed by atoms with van der Waals surface area (Å²) >= 11 is 5.79. The van der Waals surface area contributed by atoms with Crippen LogP contribution in [0.15, 0.2) is 36.4 Å². The molecule has 1 aliphatic carbocycles. The van der Waals surface area contributed by atoms with Crippen LogP contribution in [0.5, 0.6) is 0 Å². The number of nitrogens with one attached hydrogen (secondary N) is 1. The quantitative estimate of drug-likeness (QED) is 0.839. The summed E-state index contributed by atoms with van der Waals surface area (Å²) in [6.07, 6.45) is 4.57. The van der Waals surface area contributed by atoms with E-state index in [1.54, 1.807) is 12.1 Å². The van der Waals surface area contributed by atoms with Gasteiger partial charge in [-0.3, -0.25) is 9.59 Å². The number of hydrogen-bond acceptors (Lipinski definition) is 2. The summed E-state index contributed by atoms with van der Waals surface area (Å²) in [5.74, 6) is -2.26. The van der Waals surface area contributed by atoms with Gasteiger partial charge >= 0.3 is 5.97 Å². The van der Waals surface area contributed by atoms with E-state index >= 15 is 0 Å². The van der Waals surface area contributed by atoms with E-state index in [4.69, 9.17) is 16.7 Å². The summed E-state index contributed by atoms with van der Waals surface area (Å²) in [5, 5.41) is 12.6. The fraction of sp³-hybridized carbons (Fsp3) is 0.333. The molecule has 0 unspecified atom stereocenters. The molecular weight excluding hydrogens is 278 g/mol. The Balaban J connectivity index is 1.95. The van der Waals surface area contributed by atoms with Gasteiger partial charge in [-0.1, -0.05) is 35.9 Å². The van der Waals surface area contributed by atoms with Crippen LogP contribution in [0.25, 0.3) is 0 Å². The topological polar surface area (TPSA) is 66.4 Å². The molecule has 20 heavy (non-hydrogen) atoms. The molecule has 1 amide bonds. The van der Waals surface area contributed by atoms with Crippen LogP contribution in [0.2, 0.25) is 5.02 Å². The van der Waals surface area contributed by atoms with Gasteiger partial charge in [-0.2, -0.15) is 0 Å². The minimum absolute atomic E-state index is 0.211. The number of hydrogen-bond donors (Lipinski definition) is 2. The molecule has 1 aliphatic rings. The summed E-state index contributed by atoms with van der Waals surface area (Å²) in [6.45, 7) is 0.378. The lowest BCUT2D eigenvalue weighted by Gasteiger charge is -2.24. The molecule has 2 rings (SSSR count). The number of allylic oxidation sites excluding steroid dienone is 2. The van der Waals surface area contributed by atoms with Crippen molar-refractivity contribution in [3.8, 4) is 0 Å². The Kier molecular flexibility index (Phi) is 4.79. The van der Waals surface area contributed by atoms with Gasteiger partial charge in [0.05, 0.1) is 11.8 Å². The molecular formula is C15H16ClNO3. The van der Waals surface area contributed by atoms with Gasteiger partial charge in [0.2, 0.25) is 5.91 Å². The van der Waals surface area contributed by atoms with Crippen LogP contribution in [0.3, 0.4) is 0 Å². The first-order chi connectivity index (χ1) is 9.58. The maximum Gasteiger partial charge on any atom is 0.307 e. The highest BCUT2D eigenvalue weighted by Crippen LogP contribution is 2.26. The monoisotopic (exact) mass is 293 g/mol. The predicted octanol–water partition coefficient (Wildman–Crippen LogP) is 2.62. The average molecular weight is 294 g/mol. The first kappa shape index (κ1) is 14.6. The molecule has 4 nitrogen and oxygen atoms in total. The van der Waals surface area contributed by atoms with Gasteiger partial charge in [0.1, 0.15) is 0 Å². The maximum atomic E-state index is 12.1. The van der Waals surface area contributed by atoms with Crippen molar-refractivity contribution >= 4 is 23.5 Å². The molecule has 0 fully saturated rings. The van der Waals surface area contributed by atoms with E-state index in [-0.39, 0.29) is 5.91 Å². The molecule has 106 valence electrons. The van der Waals surface area contributed by atoms with Crippen LogP contribution in [-0.2, 0) is 16.1 Å². The Morgan fingerprint density at radius 1 is 1.15 bits per heavy atom. The number of benzene rings is 1. The Labute approximate surface area is 122 Å². The molecule has 1 aromatic rings. The van der Waals surface area contributed by atoms with Crippen LogP contribution in [0.1, 0.15) is 18.4 Å². The molecule has 0 spiro atoms. The number of carboxylic acids is 1. The molecule has 0 bridgehead atoms. The molecule has 2 N–H and O–H groups in total. The number of rotatable bonds is 4. The molecule has 5 heteroatoms. The van der Waals surface area contributed by atoms with E-state index in [1.807, 2.05) is 24.3 Å². The molecule has 1 aromatic carbocycles. The van der Waals surface area contributed by atoms with Crippen LogP contribution in [0.4, 0.5) is 0 Å². The summed E-state index contributed by atoms with van der Waals surface area (Å²) < 4.78 is 0. The van der Waals surface area contributed by atoms with E-state index in [2.05, 4.69) is 5.32 Å². The van der Waals surface area contributed by atoms with Crippen molar-refractivity contribution in [1.82, 2.24) is 5.32 Å². The summed E-state index contributed by atoms with van der Waals surface area (Å²) in [7, 11) is 0. The smallest absolute Gasteiger partial charge is 0.307 e. The first-order valence-electron chi connectivity index (χ1n) is 6.48. The standard InChI is InChI=1S/C15H16ClNO3/c16-11-7-5-10(6-8-11)9-17-14(18)12-3-1-2-4-13(12)15(19)20/h1-2,5-8,12-13H,3-4,9H2,(H,17,18)(H,19,20)/t12-,13-/m1/s1. The Morgan fingerprint density at radius 2 is 1.75 bits per heavy atom. The summed E-state index contributed by atoms with van der Waals surface area (Å²) in [5.41, 5.74) is 0.931. The van der Waals surface area contributed by atoms with Gasteiger partial charge in [0.15, 0.2) is 0 Å². The van der Waals surface area contributed by atoms with Crippen LogP contribution >= 0.6 is 11.6 Å². The zero-order chi connectivity index (χ0) is 14.5. The highest BCUT2D eigenvalue weighted by molar-refractivity contribution is 6.30. The second-order valence-corrected chi connectivity index (χ2v) is 5.27. The second-order valence-electron chi connectivity index (χ2n) is 4.84. The van der Waals surface area contributed by atoms with Crippen molar-refractivity contribution in [1.29, 1.82) is 0 Å². The molecule has 0 saturated carbocycles. The van der Waals surface area contributed by atoms with Crippen molar-refractivity contribution in [3.63, 3.8) is 0 Å². The number of aliphatic carboxylic acids is 1. The normalized spacial score (nSPS) is 21.4. The zero-order valence-electron chi connectivity index (χ0n) is 10.9. The zero-order valence-corrected chi connectivity index (χ0v) is 11.6. The average Bonchev–Trinajstić information content (AvgIpc) is 2.46. The summed E-state index contributed by atoms with van der Waals surface area (Å²) in [6, 6.07) is 7.18. The minimum atomic E-state index is -0.916. The lowest BCUT2D eigenvalue weighted by Crippen LogP contribution is -2.38. The van der Waals surface area contributed by atoms with Crippen LogP contribution < -0.4 is 5.32 Å². The first-order valence-corrected chi connectivity index (χ1v) is 6.85. The Hall–Kier alpha value is -1.81. The largest absolute Gasteiger partial charge is 0.481 e. The van der Waals surface area contributed by atoms with E-state index in [9.17, 15) is 9.59 Å². The third kappa shape index (κ3) is 3.61. The van der Waals surface area contributed by atoms with Crippen molar-refractivity contribution in [3.05, 3.63) is 47.0 Å². The van der Waals surface area contributed by atoms with Crippen LogP contribution in [0, 0.1) is 11.8 Å². The number of carboxylic acid groups (broad SMARTS) is 1. The molecule has 0 radical (unpaired) electrons. The van der Waals surface area contributed by atoms with E-state index in [1.165, 1.54) is 0 Å². The fourth-order valence-electron chi connectivity index (χ4n) is 2.30. The van der Waals surface area contributed by atoms with Crippen molar-refractivity contribution in [2.75, 3.05) is 0 Å². The number of carbonyl (C=O) groups is 2. The van der Waals surface area contributed by atoms with Gasteiger partial charge < -0.3 is 10.4 Å². The van der Waals surface area contributed by atoms with Gasteiger partial charge in [-0.05, 0) is 30.5 Å². The highest BCUT2D eigenvalue weighted by atomic mass is 35.5. The van der Waals surface area contributed by atoms with E-state index < -0.39 is 17.8 Å². The molecule has 0 aromatic heterocycles. The third-order valence-corrected chi connectivity index (χ3v) is 3.72. The van der Waals surface area contributed by atoms with E-state index in [0.29, 0.717) is 24.4 Å².